The molecule has 0 bridgehead atoms. The Morgan fingerprint density at radius 2 is 1.94 bits per heavy atom. The number of hydrogen-bond donors (Lipinski definition) is 1. The third-order valence-electron chi connectivity index (χ3n) is 5.79. The first kappa shape index (κ1) is 22.0. The summed E-state index contributed by atoms with van der Waals surface area (Å²) in [6.45, 7) is 0.841. The summed E-state index contributed by atoms with van der Waals surface area (Å²) in [5, 5.41) is 6.02. The molecule has 2 aliphatic rings. The Morgan fingerprint density at radius 3 is 2.59 bits per heavy atom. The Balaban J connectivity index is 1.25. The minimum atomic E-state index is -4.41. The van der Waals surface area contributed by atoms with Gasteiger partial charge in [0.15, 0.2) is 18.1 Å². The lowest BCUT2D eigenvalue weighted by molar-refractivity contribution is -0.137. The van der Waals surface area contributed by atoms with Gasteiger partial charge in [-0.2, -0.15) is 13.2 Å². The van der Waals surface area contributed by atoms with Crippen LogP contribution >= 0.6 is 0 Å². The molecule has 2 aromatic rings. The second-order valence-corrected chi connectivity index (χ2v) is 7.97. The summed E-state index contributed by atoms with van der Waals surface area (Å²) in [4.78, 5) is 25.5. The van der Waals surface area contributed by atoms with Crippen LogP contribution in [-0.4, -0.2) is 48.3 Å². The maximum absolute atomic E-state index is 12.9. The van der Waals surface area contributed by atoms with Gasteiger partial charge < -0.3 is 24.2 Å². The van der Waals surface area contributed by atoms with E-state index < -0.39 is 23.7 Å². The summed E-state index contributed by atoms with van der Waals surface area (Å²) in [7, 11) is 1.47. The molecule has 1 aliphatic carbocycles. The van der Waals surface area contributed by atoms with Gasteiger partial charge in [0, 0.05) is 26.2 Å². The molecule has 1 saturated carbocycles. The fraction of sp³-hybridized carbons (Fsp3) is 0.476. The number of hydrogen-bond acceptors (Lipinski definition) is 6. The average molecular weight is 453 g/mol. The second-order valence-electron chi connectivity index (χ2n) is 7.97. The number of alkyl halides is 3. The normalized spacial score (nSPS) is 22.5. The lowest BCUT2D eigenvalue weighted by Gasteiger charge is -2.20. The lowest BCUT2D eigenvalue weighted by Crippen LogP contribution is -2.31. The number of carbonyl (C=O) groups excluding carboxylic acids is 2. The second kappa shape index (κ2) is 8.71. The van der Waals surface area contributed by atoms with Gasteiger partial charge in [0.05, 0.1) is 11.7 Å². The van der Waals surface area contributed by atoms with Gasteiger partial charge >= 0.3 is 12.3 Å². The first-order valence-electron chi connectivity index (χ1n) is 10.2. The Kier molecular flexibility index (Phi) is 5.98. The van der Waals surface area contributed by atoms with Gasteiger partial charge in [0.1, 0.15) is 5.75 Å². The number of fused-ring (bicyclic) bond motifs is 1. The van der Waals surface area contributed by atoms with E-state index in [1.54, 1.807) is 4.90 Å². The fourth-order valence-corrected chi connectivity index (χ4v) is 4.27. The Bertz CT molecular complexity index is 979. The molecule has 172 valence electrons. The zero-order chi connectivity index (χ0) is 22.9. The Hall–Kier alpha value is -3.24. The molecule has 2 heterocycles. The third-order valence-corrected chi connectivity index (χ3v) is 5.79. The van der Waals surface area contributed by atoms with Crippen LogP contribution < -0.4 is 10.1 Å². The SMILES string of the molecule is CNC(=O)c1cc(COC(=O)N2C[C@H]3C[C@@H](Oc4cccc(C(F)(F)F)c4)C[C@H]3C2)on1. The van der Waals surface area contributed by atoms with Crippen LogP contribution in [0.4, 0.5) is 18.0 Å². The van der Waals surface area contributed by atoms with Gasteiger partial charge in [-0.15, -0.1) is 0 Å². The zero-order valence-corrected chi connectivity index (χ0v) is 17.2. The standard InChI is InChI=1S/C21H22F3N3O5/c1-25-19(28)18-8-17(32-26-18)11-30-20(29)27-9-12-5-16(6-13(12)10-27)31-15-4-2-3-14(7-15)21(22,23)24/h2-4,7-8,12-13,16H,5-6,9-11H2,1H3,(H,25,28)/t12-,13+,16-. The highest BCUT2D eigenvalue weighted by molar-refractivity contribution is 5.91. The smallest absolute Gasteiger partial charge is 0.416 e. The zero-order valence-electron chi connectivity index (χ0n) is 17.2. The van der Waals surface area contributed by atoms with Gasteiger partial charge in [-0.05, 0) is 42.9 Å². The summed E-state index contributed by atoms with van der Waals surface area (Å²) < 4.78 is 54.7. The van der Waals surface area contributed by atoms with E-state index in [1.807, 2.05) is 0 Å². The molecule has 0 unspecified atom stereocenters. The van der Waals surface area contributed by atoms with Gasteiger partial charge in [0.2, 0.25) is 0 Å². The number of ether oxygens (including phenoxy) is 2. The van der Waals surface area contributed by atoms with Crippen molar-refractivity contribution in [3.63, 3.8) is 0 Å². The predicted octanol–water partition coefficient (Wildman–Crippen LogP) is 3.48. The van der Waals surface area contributed by atoms with Crippen molar-refractivity contribution in [3.05, 3.63) is 47.3 Å². The van der Waals surface area contributed by atoms with Crippen LogP contribution in [0.15, 0.2) is 34.9 Å². The summed E-state index contributed by atoms with van der Waals surface area (Å²) in [6.07, 6.45) is -3.79. The molecule has 1 saturated heterocycles. The molecule has 1 aromatic heterocycles. The monoisotopic (exact) mass is 453 g/mol. The van der Waals surface area contributed by atoms with Crippen molar-refractivity contribution in [1.82, 2.24) is 15.4 Å². The molecule has 2 fully saturated rings. The van der Waals surface area contributed by atoms with Gasteiger partial charge in [-0.1, -0.05) is 11.2 Å². The highest BCUT2D eigenvalue weighted by atomic mass is 19.4. The molecule has 11 heteroatoms. The summed E-state index contributed by atoms with van der Waals surface area (Å²) in [5.41, 5.74) is -0.641. The maximum Gasteiger partial charge on any atom is 0.416 e. The van der Waals surface area contributed by atoms with Crippen molar-refractivity contribution in [2.75, 3.05) is 20.1 Å². The summed E-state index contributed by atoms with van der Waals surface area (Å²) in [5.74, 6) is 0.447. The molecule has 3 atom stereocenters. The van der Waals surface area contributed by atoms with Crippen molar-refractivity contribution in [2.24, 2.45) is 11.8 Å². The molecule has 0 spiro atoms. The molecule has 1 N–H and O–H groups in total. The maximum atomic E-state index is 12.9. The quantitative estimate of drug-likeness (QED) is 0.745. The minimum absolute atomic E-state index is 0.0982. The molecule has 1 aliphatic heterocycles. The van der Waals surface area contributed by atoms with E-state index in [-0.39, 0.29) is 41.8 Å². The van der Waals surface area contributed by atoms with Crippen LogP contribution in [0.25, 0.3) is 0 Å². The minimum Gasteiger partial charge on any atom is -0.490 e. The molecule has 8 nitrogen and oxygen atoms in total. The average Bonchev–Trinajstić information content (AvgIpc) is 3.46. The predicted molar refractivity (Wildman–Crippen MR) is 104 cm³/mol. The van der Waals surface area contributed by atoms with Crippen molar-refractivity contribution in [2.45, 2.75) is 31.7 Å². The summed E-state index contributed by atoms with van der Waals surface area (Å²) in [6, 6.07) is 6.28. The number of amides is 2. The number of halogens is 3. The topological polar surface area (TPSA) is 93.9 Å². The van der Waals surface area contributed by atoms with Crippen molar-refractivity contribution < 1.29 is 36.8 Å². The van der Waals surface area contributed by atoms with E-state index in [0.717, 1.165) is 12.1 Å². The van der Waals surface area contributed by atoms with E-state index in [0.29, 0.717) is 25.9 Å². The first-order valence-corrected chi connectivity index (χ1v) is 10.2. The van der Waals surface area contributed by atoms with E-state index in [9.17, 15) is 22.8 Å². The fourth-order valence-electron chi connectivity index (χ4n) is 4.27. The van der Waals surface area contributed by atoms with E-state index in [2.05, 4.69) is 10.5 Å². The van der Waals surface area contributed by atoms with Gasteiger partial charge in [0.25, 0.3) is 5.91 Å². The number of nitrogens with one attached hydrogen (secondary N) is 1. The van der Waals surface area contributed by atoms with Crippen molar-refractivity contribution in [3.8, 4) is 5.75 Å². The lowest BCUT2D eigenvalue weighted by atomic mass is 10.0. The van der Waals surface area contributed by atoms with E-state index in [1.165, 1.54) is 25.2 Å². The molecular formula is C21H22F3N3O5. The van der Waals surface area contributed by atoms with Gasteiger partial charge in [-0.25, -0.2) is 4.79 Å². The Morgan fingerprint density at radius 1 is 1.22 bits per heavy atom. The van der Waals surface area contributed by atoms with E-state index >= 15 is 0 Å². The van der Waals surface area contributed by atoms with Crippen LogP contribution in [0.5, 0.6) is 5.75 Å². The van der Waals surface area contributed by atoms with Crippen molar-refractivity contribution in [1.29, 1.82) is 0 Å². The summed E-state index contributed by atoms with van der Waals surface area (Å²) >= 11 is 0. The van der Waals surface area contributed by atoms with Crippen molar-refractivity contribution >= 4 is 12.0 Å². The molecule has 32 heavy (non-hydrogen) atoms. The first-order chi connectivity index (χ1) is 15.2. The number of carbonyl (C=O) groups is 2. The number of aromatic nitrogens is 1. The van der Waals surface area contributed by atoms with Crippen LogP contribution in [0.2, 0.25) is 0 Å². The largest absolute Gasteiger partial charge is 0.490 e. The highest BCUT2D eigenvalue weighted by Gasteiger charge is 2.44. The van der Waals surface area contributed by atoms with Crippen LogP contribution in [0.3, 0.4) is 0 Å². The molecular weight excluding hydrogens is 431 g/mol. The number of nitrogens with zero attached hydrogens (tertiary/aromatic N) is 2. The third kappa shape index (κ3) is 4.81. The number of benzene rings is 1. The van der Waals surface area contributed by atoms with Crippen LogP contribution in [0, 0.1) is 11.8 Å². The highest BCUT2D eigenvalue weighted by Crippen LogP contribution is 2.40. The Labute approximate surface area is 181 Å². The van der Waals surface area contributed by atoms with Crippen LogP contribution in [0.1, 0.15) is 34.7 Å². The number of rotatable bonds is 5. The van der Waals surface area contributed by atoms with E-state index in [4.69, 9.17) is 14.0 Å². The molecule has 0 radical (unpaired) electrons. The van der Waals surface area contributed by atoms with Gasteiger partial charge in [-0.3, -0.25) is 4.79 Å². The number of likely N-dealkylation sites (tertiary alicyclic amines) is 1. The molecule has 2 amide bonds. The van der Waals surface area contributed by atoms with Crippen LogP contribution in [-0.2, 0) is 17.5 Å². The molecule has 1 aromatic carbocycles. The molecule has 4 rings (SSSR count).